The Morgan fingerprint density at radius 1 is 0.789 bits per heavy atom. The van der Waals surface area contributed by atoms with Crippen LogP contribution < -0.4 is 15.6 Å². The second-order valence-electron chi connectivity index (χ2n) is 8.97. The number of nitrogens with zero attached hydrogens (tertiary/aromatic N) is 1. The van der Waals surface area contributed by atoms with Gasteiger partial charge >= 0.3 is 0 Å². The Bertz CT molecular complexity index is 1740. The monoisotopic (exact) mass is 536 g/mol. The highest BCUT2D eigenvalue weighted by Gasteiger charge is 2.45. The number of benzene rings is 4. The van der Waals surface area contributed by atoms with E-state index < -0.39 is 17.9 Å². The van der Waals surface area contributed by atoms with Gasteiger partial charge in [-0.05, 0) is 48.0 Å². The summed E-state index contributed by atoms with van der Waals surface area (Å²) >= 11 is 8.06. The first-order valence-corrected chi connectivity index (χ1v) is 13.3. The van der Waals surface area contributed by atoms with Crippen LogP contribution >= 0.6 is 22.9 Å². The Kier molecular flexibility index (Phi) is 6.27. The molecule has 0 bridgehead atoms. The third kappa shape index (κ3) is 4.08. The lowest BCUT2D eigenvalue weighted by Gasteiger charge is -2.39. The first-order chi connectivity index (χ1) is 18.5. The van der Waals surface area contributed by atoms with Crippen LogP contribution in [0.1, 0.15) is 27.4 Å². The zero-order chi connectivity index (χ0) is 26.2. The van der Waals surface area contributed by atoms with Gasteiger partial charge in [0.2, 0.25) is 0 Å². The molecule has 4 aromatic carbocycles. The smallest absolute Gasteiger partial charge is 0.255 e. The quantitative estimate of drug-likeness (QED) is 0.284. The van der Waals surface area contributed by atoms with Gasteiger partial charge in [-0.1, -0.05) is 78.3 Å². The van der Waals surface area contributed by atoms with Crippen molar-refractivity contribution in [2.24, 2.45) is 0 Å². The minimum absolute atomic E-state index is 0.188. The fraction of sp³-hybridized carbons (Fsp3) is 0.0645. The van der Waals surface area contributed by atoms with Crippen LogP contribution in [-0.2, 0) is 4.79 Å². The van der Waals surface area contributed by atoms with Gasteiger partial charge in [0.05, 0.1) is 0 Å². The van der Waals surface area contributed by atoms with E-state index in [1.807, 2.05) is 66.7 Å². The van der Waals surface area contributed by atoms with Gasteiger partial charge in [-0.15, -0.1) is 11.3 Å². The Morgan fingerprint density at radius 3 is 2.16 bits per heavy atom. The molecular weight excluding hydrogens is 516 g/mol. The summed E-state index contributed by atoms with van der Waals surface area (Å²) in [6.07, 6.45) is 0. The number of nitrogens with one attached hydrogen (secondary N) is 1. The largest absolute Gasteiger partial charge is 0.339 e. The van der Waals surface area contributed by atoms with Crippen LogP contribution in [0.2, 0.25) is 5.02 Å². The van der Waals surface area contributed by atoms with E-state index in [1.165, 1.54) is 11.3 Å². The van der Waals surface area contributed by atoms with Crippen LogP contribution in [0.3, 0.4) is 0 Å². The number of amides is 2. The number of fused-ring (bicyclic) bond motifs is 2. The molecule has 0 radical (unpaired) electrons. The number of hydrogen-bond donors (Lipinski definition) is 1. The van der Waals surface area contributed by atoms with Gasteiger partial charge in [0.25, 0.3) is 11.8 Å². The Labute approximate surface area is 227 Å². The third-order valence-corrected chi connectivity index (χ3v) is 8.24. The van der Waals surface area contributed by atoms with Crippen molar-refractivity contribution in [3.63, 3.8) is 0 Å². The topological polar surface area (TPSA) is 66.5 Å². The van der Waals surface area contributed by atoms with E-state index >= 15 is 0 Å². The maximum Gasteiger partial charge on any atom is 0.255 e. The minimum Gasteiger partial charge on any atom is -0.339 e. The minimum atomic E-state index is -1.07. The van der Waals surface area contributed by atoms with Crippen molar-refractivity contribution in [2.75, 3.05) is 4.90 Å². The van der Waals surface area contributed by atoms with Crippen LogP contribution in [0.25, 0.3) is 10.1 Å². The summed E-state index contributed by atoms with van der Waals surface area (Å²) in [5.74, 6) is -1.54. The normalized spacial score (nSPS) is 16.8. The van der Waals surface area contributed by atoms with Gasteiger partial charge in [0.1, 0.15) is 11.0 Å². The standard InChI is InChI=1S/C31H21ClN2O3S/c32-23-17-9-7-15-21(23)25-26-28(35)22-16-8-10-18-24(22)38-31(26)34(20-13-5-2-6-14-20)30(37)27(25)33-29(36)19-11-3-1-4-12-19/h1-18,25,27H,(H,33,36)/t25-,27-/m1/s1. The van der Waals surface area contributed by atoms with Gasteiger partial charge in [0.15, 0.2) is 5.43 Å². The molecule has 0 fully saturated rings. The molecule has 5 aromatic rings. The molecule has 6 rings (SSSR count). The number of carbonyl (C=O) groups is 2. The summed E-state index contributed by atoms with van der Waals surface area (Å²) in [5, 5.41) is 4.46. The highest BCUT2D eigenvalue weighted by Crippen LogP contribution is 2.47. The summed E-state index contributed by atoms with van der Waals surface area (Å²) in [6, 6.07) is 31.3. The molecule has 1 aliphatic rings. The van der Waals surface area contributed by atoms with Crippen molar-refractivity contribution in [1.29, 1.82) is 0 Å². The fourth-order valence-corrected chi connectivity index (χ4v) is 6.47. The summed E-state index contributed by atoms with van der Waals surface area (Å²) < 4.78 is 0.773. The van der Waals surface area contributed by atoms with Crippen LogP contribution in [-0.4, -0.2) is 17.9 Å². The van der Waals surface area contributed by atoms with Crippen molar-refractivity contribution in [2.45, 2.75) is 12.0 Å². The van der Waals surface area contributed by atoms with E-state index in [0.717, 1.165) is 4.70 Å². The van der Waals surface area contributed by atoms with Crippen LogP contribution in [0.15, 0.2) is 114 Å². The third-order valence-electron chi connectivity index (χ3n) is 6.72. The number of hydrogen-bond acceptors (Lipinski definition) is 4. The predicted molar refractivity (Wildman–Crippen MR) is 153 cm³/mol. The van der Waals surface area contributed by atoms with Gasteiger partial charge < -0.3 is 5.32 Å². The van der Waals surface area contributed by atoms with Gasteiger partial charge in [-0.25, -0.2) is 0 Å². The Hall–Kier alpha value is -4.26. The molecule has 0 saturated heterocycles. The number of carbonyl (C=O) groups excluding carboxylic acids is 2. The number of para-hydroxylation sites is 1. The molecule has 7 heteroatoms. The summed E-state index contributed by atoms with van der Waals surface area (Å²) in [4.78, 5) is 43.5. The lowest BCUT2D eigenvalue weighted by molar-refractivity contribution is -0.120. The van der Waals surface area contributed by atoms with E-state index in [2.05, 4.69) is 5.32 Å². The van der Waals surface area contributed by atoms with Crippen LogP contribution in [0.4, 0.5) is 10.7 Å². The molecule has 0 spiro atoms. The second kappa shape index (κ2) is 9.89. The Morgan fingerprint density at radius 2 is 1.42 bits per heavy atom. The van der Waals surface area contributed by atoms with E-state index in [1.54, 1.807) is 47.4 Å². The molecule has 1 aromatic heterocycles. The van der Waals surface area contributed by atoms with E-state index in [9.17, 15) is 14.4 Å². The van der Waals surface area contributed by atoms with Crippen molar-refractivity contribution < 1.29 is 9.59 Å². The molecule has 5 nitrogen and oxygen atoms in total. The highest BCUT2D eigenvalue weighted by molar-refractivity contribution is 7.22. The maximum atomic E-state index is 14.4. The molecule has 1 aliphatic heterocycles. The molecule has 2 atom stereocenters. The summed E-state index contributed by atoms with van der Waals surface area (Å²) in [7, 11) is 0. The molecule has 1 N–H and O–H groups in total. The van der Waals surface area contributed by atoms with Crippen LogP contribution in [0.5, 0.6) is 0 Å². The second-order valence-corrected chi connectivity index (χ2v) is 10.4. The van der Waals surface area contributed by atoms with Crippen LogP contribution in [0, 0.1) is 0 Å². The SMILES string of the molecule is O=C(N[C@H]1C(=O)N(c2ccccc2)c2sc3ccccc3c(=O)c2[C@H]1c1ccccc1Cl)c1ccccc1. The van der Waals surface area contributed by atoms with Crippen molar-refractivity contribution >= 4 is 55.5 Å². The van der Waals surface area contributed by atoms with Crippen molar-refractivity contribution in [1.82, 2.24) is 5.32 Å². The van der Waals surface area contributed by atoms with Gasteiger partial charge in [-0.2, -0.15) is 0 Å². The predicted octanol–water partition coefficient (Wildman–Crippen LogP) is 6.52. The zero-order valence-electron chi connectivity index (χ0n) is 20.0. The average Bonchev–Trinajstić information content (AvgIpc) is 2.95. The fourth-order valence-electron chi connectivity index (χ4n) is 4.98. The molecule has 0 unspecified atom stereocenters. The highest BCUT2D eigenvalue weighted by atomic mass is 35.5. The first kappa shape index (κ1) is 24.1. The molecule has 186 valence electrons. The molecule has 38 heavy (non-hydrogen) atoms. The van der Waals surface area contributed by atoms with Gasteiger partial charge in [-0.3, -0.25) is 19.3 Å². The number of halogens is 1. The number of anilines is 2. The molecule has 2 heterocycles. The summed E-state index contributed by atoms with van der Waals surface area (Å²) in [6.45, 7) is 0. The zero-order valence-corrected chi connectivity index (χ0v) is 21.6. The van der Waals surface area contributed by atoms with Crippen molar-refractivity contribution in [3.8, 4) is 0 Å². The lowest BCUT2D eigenvalue weighted by atomic mass is 9.81. The maximum absolute atomic E-state index is 14.4. The van der Waals surface area contributed by atoms with E-state index in [0.29, 0.717) is 37.8 Å². The molecule has 0 aliphatic carbocycles. The van der Waals surface area contributed by atoms with E-state index in [-0.39, 0.29) is 11.3 Å². The van der Waals surface area contributed by atoms with Crippen molar-refractivity contribution in [3.05, 3.63) is 141 Å². The lowest BCUT2D eigenvalue weighted by Crippen LogP contribution is -2.54. The first-order valence-electron chi connectivity index (χ1n) is 12.1. The number of rotatable bonds is 4. The molecule has 2 amide bonds. The average molecular weight is 537 g/mol. The van der Waals surface area contributed by atoms with E-state index in [4.69, 9.17) is 11.6 Å². The summed E-state index contributed by atoms with van der Waals surface area (Å²) in [5.41, 5.74) is 1.88. The molecular formula is C31H21ClN2O3S. The van der Waals surface area contributed by atoms with Gasteiger partial charge in [0, 0.05) is 37.8 Å². The molecule has 0 saturated carbocycles. The Balaban J connectivity index is 1.64.